The monoisotopic (exact) mass is 450 g/mol. The number of thiophene rings is 1. The highest BCUT2D eigenvalue weighted by atomic mass is 79.9. The van der Waals surface area contributed by atoms with Crippen LogP contribution in [0.2, 0.25) is 0 Å². The number of carbonyl (C=O) groups is 1. The fourth-order valence-corrected chi connectivity index (χ4v) is 4.80. The van der Waals surface area contributed by atoms with Gasteiger partial charge in [0.15, 0.2) is 0 Å². The van der Waals surface area contributed by atoms with Gasteiger partial charge in [-0.2, -0.15) is 0 Å². The smallest absolute Gasteiger partial charge is 0.271 e. The van der Waals surface area contributed by atoms with Crippen molar-refractivity contribution >= 4 is 54.6 Å². The van der Waals surface area contributed by atoms with Gasteiger partial charge in [-0.15, -0.1) is 11.3 Å². The van der Waals surface area contributed by atoms with Crippen LogP contribution in [0.5, 0.6) is 0 Å². The Hall–Kier alpha value is -2.16. The summed E-state index contributed by atoms with van der Waals surface area (Å²) < 4.78 is 28.1. The van der Waals surface area contributed by atoms with E-state index in [2.05, 4.69) is 26.0 Å². The summed E-state index contributed by atoms with van der Waals surface area (Å²) in [6.45, 7) is 1.91. The van der Waals surface area contributed by atoms with Crippen molar-refractivity contribution in [1.29, 1.82) is 0 Å². The van der Waals surface area contributed by atoms with Crippen molar-refractivity contribution in [2.45, 2.75) is 11.1 Å². The van der Waals surface area contributed by atoms with Gasteiger partial charge in [0.1, 0.15) is 4.21 Å². The Balaban J connectivity index is 1.72. The van der Waals surface area contributed by atoms with Crippen LogP contribution in [0.1, 0.15) is 15.9 Å². The molecule has 134 valence electrons. The average molecular weight is 451 g/mol. The first-order valence-electron chi connectivity index (χ1n) is 7.59. The molecule has 0 saturated heterocycles. The maximum absolute atomic E-state index is 12.4. The fourth-order valence-electron chi connectivity index (χ4n) is 2.27. The summed E-state index contributed by atoms with van der Waals surface area (Å²) in [6.07, 6.45) is 0. The lowest BCUT2D eigenvalue weighted by molar-refractivity contribution is 0.102. The molecule has 1 amide bonds. The molecule has 26 heavy (non-hydrogen) atoms. The highest BCUT2D eigenvalue weighted by Crippen LogP contribution is 2.22. The zero-order chi connectivity index (χ0) is 18.7. The van der Waals surface area contributed by atoms with Crippen molar-refractivity contribution in [3.63, 3.8) is 0 Å². The van der Waals surface area contributed by atoms with Crippen LogP contribution in [0.4, 0.5) is 11.4 Å². The number of hydrogen-bond donors (Lipinski definition) is 2. The molecule has 3 aromatic rings. The molecular weight excluding hydrogens is 436 g/mol. The van der Waals surface area contributed by atoms with Crippen molar-refractivity contribution in [3.8, 4) is 0 Å². The van der Waals surface area contributed by atoms with Crippen molar-refractivity contribution in [2.75, 3.05) is 10.0 Å². The van der Waals surface area contributed by atoms with Crippen LogP contribution in [0.15, 0.2) is 68.7 Å². The molecule has 2 N–H and O–H groups in total. The molecule has 0 saturated carbocycles. The highest BCUT2D eigenvalue weighted by molar-refractivity contribution is 9.10. The zero-order valence-corrected chi connectivity index (χ0v) is 16.9. The van der Waals surface area contributed by atoms with Crippen LogP contribution < -0.4 is 10.0 Å². The second kappa shape index (κ2) is 7.61. The third-order valence-electron chi connectivity index (χ3n) is 3.60. The van der Waals surface area contributed by atoms with E-state index in [0.717, 1.165) is 27.1 Å². The van der Waals surface area contributed by atoms with Gasteiger partial charge in [0, 0.05) is 21.4 Å². The van der Waals surface area contributed by atoms with Crippen molar-refractivity contribution in [1.82, 2.24) is 0 Å². The highest BCUT2D eigenvalue weighted by Gasteiger charge is 2.15. The number of anilines is 2. The van der Waals surface area contributed by atoms with E-state index < -0.39 is 10.0 Å². The quantitative estimate of drug-likeness (QED) is 0.581. The second-order valence-corrected chi connectivity index (χ2v) is 9.30. The molecule has 5 nitrogen and oxygen atoms in total. The number of halogens is 1. The number of hydrogen-bond acceptors (Lipinski definition) is 4. The van der Waals surface area contributed by atoms with E-state index in [-0.39, 0.29) is 10.1 Å². The van der Waals surface area contributed by atoms with Crippen LogP contribution in [0.3, 0.4) is 0 Å². The van der Waals surface area contributed by atoms with Crippen molar-refractivity contribution in [2.24, 2.45) is 0 Å². The van der Waals surface area contributed by atoms with Gasteiger partial charge in [-0.3, -0.25) is 9.52 Å². The molecule has 8 heteroatoms. The van der Waals surface area contributed by atoms with Crippen LogP contribution in [0, 0.1) is 6.92 Å². The number of rotatable bonds is 5. The average Bonchev–Trinajstić information content (AvgIpc) is 3.13. The summed E-state index contributed by atoms with van der Waals surface area (Å²) in [6, 6.07) is 15.1. The largest absolute Gasteiger partial charge is 0.322 e. The van der Waals surface area contributed by atoms with E-state index in [4.69, 9.17) is 0 Å². The topological polar surface area (TPSA) is 75.3 Å². The molecule has 0 spiro atoms. The molecule has 0 unspecified atom stereocenters. The minimum Gasteiger partial charge on any atom is -0.322 e. The Morgan fingerprint density at radius 3 is 2.42 bits per heavy atom. The second-order valence-electron chi connectivity index (χ2n) is 5.53. The van der Waals surface area contributed by atoms with Gasteiger partial charge in [0.2, 0.25) is 0 Å². The van der Waals surface area contributed by atoms with E-state index in [1.165, 1.54) is 6.07 Å². The maximum atomic E-state index is 12.4. The molecule has 0 aliphatic heterocycles. The summed E-state index contributed by atoms with van der Waals surface area (Å²) in [5, 5.41) is 4.55. The molecule has 3 rings (SSSR count). The Kier molecular flexibility index (Phi) is 5.45. The summed E-state index contributed by atoms with van der Waals surface area (Å²) in [7, 11) is -3.60. The Morgan fingerprint density at radius 1 is 1.08 bits per heavy atom. The van der Waals surface area contributed by atoms with Gasteiger partial charge >= 0.3 is 0 Å². The van der Waals surface area contributed by atoms with Gasteiger partial charge < -0.3 is 5.32 Å². The molecule has 0 fully saturated rings. The predicted molar refractivity (Wildman–Crippen MR) is 108 cm³/mol. The van der Waals surface area contributed by atoms with Gasteiger partial charge in [0.25, 0.3) is 15.9 Å². The first kappa shape index (κ1) is 18.6. The Labute approximate surface area is 164 Å². The minimum absolute atomic E-state index is 0.241. The summed E-state index contributed by atoms with van der Waals surface area (Å²) in [4.78, 5) is 12.4. The number of benzene rings is 2. The zero-order valence-electron chi connectivity index (χ0n) is 13.7. The van der Waals surface area contributed by atoms with Gasteiger partial charge in [-0.1, -0.05) is 22.0 Å². The molecule has 2 aromatic carbocycles. The normalized spacial score (nSPS) is 11.2. The number of nitrogens with one attached hydrogen (secondary N) is 2. The molecule has 0 radical (unpaired) electrons. The molecular formula is C18H15BrN2O3S2. The summed E-state index contributed by atoms with van der Waals surface area (Å²) in [5.74, 6) is -0.261. The fraction of sp³-hybridized carbons (Fsp3) is 0.0556. The molecule has 0 bridgehead atoms. The van der Waals surface area contributed by atoms with Crippen molar-refractivity contribution in [3.05, 3.63) is 75.6 Å². The van der Waals surface area contributed by atoms with Gasteiger partial charge in [-0.25, -0.2) is 8.42 Å². The Morgan fingerprint density at radius 2 is 1.81 bits per heavy atom. The molecule has 0 aliphatic rings. The van der Waals surface area contributed by atoms with E-state index in [9.17, 15) is 13.2 Å². The van der Waals surface area contributed by atoms with Crippen LogP contribution >= 0.6 is 27.3 Å². The lowest BCUT2D eigenvalue weighted by Crippen LogP contribution is -2.14. The first-order valence-corrected chi connectivity index (χ1v) is 10.7. The van der Waals surface area contributed by atoms with E-state index in [1.54, 1.807) is 35.7 Å². The predicted octanol–water partition coefficient (Wildman–Crippen LogP) is 4.87. The Bertz CT molecular complexity index is 1030. The third kappa shape index (κ3) is 4.32. The molecule has 1 aromatic heterocycles. The van der Waals surface area contributed by atoms with Crippen LogP contribution in [0.25, 0.3) is 0 Å². The number of carbonyl (C=O) groups excluding carboxylic acids is 1. The van der Waals surface area contributed by atoms with Gasteiger partial charge in [-0.05, 0) is 66.4 Å². The lowest BCUT2D eigenvalue weighted by Gasteiger charge is -2.10. The maximum Gasteiger partial charge on any atom is 0.271 e. The number of amides is 1. The minimum atomic E-state index is -3.60. The van der Waals surface area contributed by atoms with E-state index in [0.29, 0.717) is 11.3 Å². The van der Waals surface area contributed by atoms with E-state index >= 15 is 0 Å². The lowest BCUT2D eigenvalue weighted by atomic mass is 10.1. The first-order chi connectivity index (χ1) is 12.3. The van der Waals surface area contributed by atoms with Crippen LogP contribution in [-0.2, 0) is 10.0 Å². The number of aryl methyl sites for hydroxylation is 1. The molecule has 0 atom stereocenters. The molecule has 0 aliphatic carbocycles. The number of sulfonamides is 1. The summed E-state index contributed by atoms with van der Waals surface area (Å²) in [5.41, 5.74) is 2.50. The van der Waals surface area contributed by atoms with Gasteiger partial charge in [0.05, 0.1) is 0 Å². The standard InChI is InChI=1S/C18H15BrN2O3S2/c1-12-11-14(19)6-9-16(12)20-18(22)13-4-7-15(8-5-13)21-26(23,24)17-3-2-10-25-17/h2-11,21H,1H3,(H,20,22). The SMILES string of the molecule is Cc1cc(Br)ccc1NC(=O)c1ccc(NS(=O)(=O)c2cccs2)cc1. The van der Waals surface area contributed by atoms with Crippen molar-refractivity contribution < 1.29 is 13.2 Å². The molecule has 1 heterocycles. The van der Waals surface area contributed by atoms with E-state index in [1.807, 2.05) is 25.1 Å². The summed E-state index contributed by atoms with van der Waals surface area (Å²) >= 11 is 4.53. The van der Waals surface area contributed by atoms with Crippen LogP contribution in [-0.4, -0.2) is 14.3 Å². The third-order valence-corrected chi connectivity index (χ3v) is 6.87.